The second-order valence-electron chi connectivity index (χ2n) is 7.30. The largest absolute Gasteiger partial charge is 0.507 e. The Balaban J connectivity index is 1.92. The van der Waals surface area contributed by atoms with Gasteiger partial charge in [0.1, 0.15) is 11.5 Å². The third-order valence-corrected chi connectivity index (χ3v) is 6.40. The zero-order valence-electron chi connectivity index (χ0n) is 17.3. The average molecular weight is 504 g/mol. The van der Waals surface area contributed by atoms with Crippen molar-refractivity contribution in [3.8, 4) is 5.75 Å². The van der Waals surface area contributed by atoms with Gasteiger partial charge in [0.05, 0.1) is 33.8 Å². The molecule has 1 aliphatic rings. The molecule has 1 fully saturated rings. The van der Waals surface area contributed by atoms with E-state index in [9.17, 15) is 14.7 Å². The molecule has 1 unspecified atom stereocenters. The summed E-state index contributed by atoms with van der Waals surface area (Å²) in [5, 5.41) is 12.0. The molecule has 1 atom stereocenters. The number of methoxy groups -OCH3 is 1. The summed E-state index contributed by atoms with van der Waals surface area (Å²) >= 11 is 18.6. The number of rotatable bonds is 5. The lowest BCUT2D eigenvalue weighted by molar-refractivity contribution is -0.140. The Labute approximate surface area is 205 Å². The molecular weight excluding hydrogens is 487 g/mol. The van der Waals surface area contributed by atoms with Gasteiger partial charge in [0.2, 0.25) is 0 Å². The first-order valence-corrected chi connectivity index (χ1v) is 10.9. The summed E-state index contributed by atoms with van der Waals surface area (Å²) in [5.74, 6) is -1.58. The number of aromatic nitrogens is 1. The lowest BCUT2D eigenvalue weighted by Crippen LogP contribution is -2.29. The van der Waals surface area contributed by atoms with Gasteiger partial charge in [0.25, 0.3) is 11.7 Å². The number of Topliss-reactive ketones (excluding diaryl/α,β-unsaturated/α-hetero) is 1. The molecule has 2 heterocycles. The molecule has 1 aromatic heterocycles. The first-order chi connectivity index (χ1) is 15.8. The summed E-state index contributed by atoms with van der Waals surface area (Å²) < 4.78 is 5.22. The number of benzene rings is 2. The molecule has 33 heavy (non-hydrogen) atoms. The number of halogens is 3. The number of carbonyl (C=O) groups excluding carboxylic acids is 2. The molecule has 2 aromatic carbocycles. The number of nitrogens with zero attached hydrogens (tertiary/aromatic N) is 2. The molecule has 1 amide bonds. The van der Waals surface area contributed by atoms with Crippen LogP contribution in [0.5, 0.6) is 5.75 Å². The van der Waals surface area contributed by atoms with Crippen molar-refractivity contribution in [2.24, 2.45) is 0 Å². The summed E-state index contributed by atoms with van der Waals surface area (Å²) in [6.07, 6.45) is 3.19. The quantitative estimate of drug-likeness (QED) is 0.276. The maximum atomic E-state index is 13.2. The lowest BCUT2D eigenvalue weighted by Gasteiger charge is -2.25. The van der Waals surface area contributed by atoms with Crippen molar-refractivity contribution >= 4 is 52.3 Å². The van der Waals surface area contributed by atoms with E-state index in [1.807, 2.05) is 0 Å². The maximum Gasteiger partial charge on any atom is 0.295 e. The third kappa shape index (κ3) is 4.42. The Morgan fingerprint density at radius 3 is 2.36 bits per heavy atom. The molecule has 0 spiro atoms. The van der Waals surface area contributed by atoms with E-state index in [4.69, 9.17) is 39.5 Å². The Morgan fingerprint density at radius 2 is 1.70 bits per heavy atom. The summed E-state index contributed by atoms with van der Waals surface area (Å²) in [6, 6.07) is 12.0. The highest BCUT2D eigenvalue weighted by atomic mass is 35.5. The van der Waals surface area contributed by atoms with Gasteiger partial charge in [-0.05, 0) is 53.6 Å². The van der Waals surface area contributed by atoms with E-state index in [-0.39, 0.29) is 27.7 Å². The molecule has 1 saturated heterocycles. The fourth-order valence-electron chi connectivity index (χ4n) is 3.71. The second-order valence-corrected chi connectivity index (χ2v) is 8.52. The number of aliphatic hydroxyl groups excluding tert-OH is 1. The van der Waals surface area contributed by atoms with Gasteiger partial charge in [0, 0.05) is 24.5 Å². The Kier molecular flexibility index (Phi) is 6.61. The maximum absolute atomic E-state index is 13.2. The predicted octanol–water partition coefficient (Wildman–Crippen LogP) is 5.67. The van der Waals surface area contributed by atoms with Gasteiger partial charge in [-0.25, -0.2) is 0 Å². The number of ether oxygens (including phenoxy) is 1. The number of carbonyl (C=O) groups is 2. The Bertz CT molecular complexity index is 1280. The number of likely N-dealkylation sites (tertiary alicyclic amines) is 1. The van der Waals surface area contributed by atoms with Crippen LogP contribution in [0, 0.1) is 0 Å². The summed E-state index contributed by atoms with van der Waals surface area (Å²) in [6.45, 7) is 0.112. The van der Waals surface area contributed by atoms with Crippen LogP contribution in [0.1, 0.15) is 22.7 Å². The van der Waals surface area contributed by atoms with Gasteiger partial charge in [-0.1, -0.05) is 40.9 Å². The minimum Gasteiger partial charge on any atom is -0.507 e. The molecule has 0 saturated carbocycles. The second kappa shape index (κ2) is 9.43. The number of aliphatic hydroxyl groups is 1. The van der Waals surface area contributed by atoms with Gasteiger partial charge in [-0.15, -0.1) is 0 Å². The normalized spacial score (nSPS) is 17.5. The van der Waals surface area contributed by atoms with Crippen molar-refractivity contribution in [1.29, 1.82) is 0 Å². The molecule has 0 aliphatic carbocycles. The summed E-state index contributed by atoms with van der Waals surface area (Å²) in [4.78, 5) is 31.6. The number of hydrogen-bond donors (Lipinski definition) is 1. The van der Waals surface area contributed by atoms with Gasteiger partial charge < -0.3 is 14.7 Å². The number of pyridine rings is 1. The molecule has 168 valence electrons. The molecule has 6 nitrogen and oxygen atoms in total. The van der Waals surface area contributed by atoms with Crippen molar-refractivity contribution in [2.75, 3.05) is 7.11 Å². The Morgan fingerprint density at radius 1 is 1.00 bits per heavy atom. The van der Waals surface area contributed by atoms with Crippen molar-refractivity contribution in [3.63, 3.8) is 0 Å². The zero-order chi connectivity index (χ0) is 23.7. The van der Waals surface area contributed by atoms with Crippen molar-refractivity contribution < 1.29 is 19.4 Å². The fraction of sp³-hybridized carbons (Fsp3) is 0.125. The zero-order valence-corrected chi connectivity index (χ0v) is 19.5. The molecule has 1 N–H and O–H groups in total. The van der Waals surface area contributed by atoms with Crippen LogP contribution in [0.15, 0.2) is 66.5 Å². The summed E-state index contributed by atoms with van der Waals surface area (Å²) in [7, 11) is 1.47. The monoisotopic (exact) mass is 502 g/mol. The van der Waals surface area contributed by atoms with E-state index in [0.29, 0.717) is 16.3 Å². The minimum atomic E-state index is -0.921. The van der Waals surface area contributed by atoms with Gasteiger partial charge in [-0.3, -0.25) is 14.6 Å². The van der Waals surface area contributed by atoms with E-state index in [1.54, 1.807) is 48.8 Å². The van der Waals surface area contributed by atoms with Crippen molar-refractivity contribution in [3.05, 3.63) is 98.3 Å². The lowest BCUT2D eigenvalue weighted by atomic mass is 9.95. The van der Waals surface area contributed by atoms with Crippen LogP contribution in [-0.2, 0) is 16.1 Å². The van der Waals surface area contributed by atoms with E-state index >= 15 is 0 Å². The third-order valence-electron chi connectivity index (χ3n) is 5.33. The van der Waals surface area contributed by atoms with Crippen LogP contribution < -0.4 is 4.74 Å². The average Bonchev–Trinajstić information content (AvgIpc) is 3.06. The van der Waals surface area contributed by atoms with Crippen LogP contribution in [0.25, 0.3) is 5.76 Å². The van der Waals surface area contributed by atoms with E-state index in [0.717, 1.165) is 5.56 Å². The van der Waals surface area contributed by atoms with E-state index < -0.39 is 23.5 Å². The van der Waals surface area contributed by atoms with Crippen LogP contribution in [0.3, 0.4) is 0 Å². The smallest absolute Gasteiger partial charge is 0.295 e. The first kappa shape index (κ1) is 23.1. The predicted molar refractivity (Wildman–Crippen MR) is 127 cm³/mol. The van der Waals surface area contributed by atoms with Gasteiger partial charge >= 0.3 is 0 Å². The van der Waals surface area contributed by atoms with Crippen LogP contribution in [0.2, 0.25) is 15.1 Å². The molecule has 0 radical (unpaired) electrons. The highest BCUT2D eigenvalue weighted by Gasteiger charge is 2.46. The standard InChI is InChI=1S/C24H17Cl3N2O4/c1-33-15-3-5-17(25)16(11-15)22(30)20-21(14-2-4-18(26)19(27)10-14)29(24(32)23(20)31)12-13-6-8-28-9-7-13/h2-11,21,30H,12H2,1H3/b22-20+. The molecule has 0 bridgehead atoms. The minimum absolute atomic E-state index is 0.109. The van der Waals surface area contributed by atoms with Gasteiger partial charge in [0.15, 0.2) is 0 Å². The van der Waals surface area contributed by atoms with Crippen molar-refractivity contribution in [1.82, 2.24) is 9.88 Å². The SMILES string of the molecule is COc1ccc(Cl)c(/C(O)=C2\C(=O)C(=O)N(Cc3ccncc3)C2c2ccc(Cl)c(Cl)c2)c1. The molecular formula is C24H17Cl3N2O4. The number of hydrogen-bond acceptors (Lipinski definition) is 5. The molecule has 3 aromatic rings. The summed E-state index contributed by atoms with van der Waals surface area (Å²) in [5.41, 5.74) is 1.33. The van der Waals surface area contributed by atoms with E-state index in [2.05, 4.69) is 4.98 Å². The molecule has 4 rings (SSSR count). The highest BCUT2D eigenvalue weighted by Crippen LogP contribution is 2.43. The highest BCUT2D eigenvalue weighted by molar-refractivity contribution is 6.47. The Hall–Kier alpha value is -3.06. The fourth-order valence-corrected chi connectivity index (χ4v) is 4.23. The van der Waals surface area contributed by atoms with Crippen LogP contribution in [0.4, 0.5) is 0 Å². The number of ketones is 1. The van der Waals surface area contributed by atoms with E-state index in [1.165, 1.54) is 24.1 Å². The molecule has 9 heteroatoms. The van der Waals surface area contributed by atoms with Crippen LogP contribution in [-0.4, -0.2) is 33.8 Å². The van der Waals surface area contributed by atoms with Crippen molar-refractivity contribution in [2.45, 2.75) is 12.6 Å². The number of amides is 1. The first-order valence-electron chi connectivity index (χ1n) is 9.78. The topological polar surface area (TPSA) is 79.7 Å². The van der Waals surface area contributed by atoms with Gasteiger partial charge in [-0.2, -0.15) is 0 Å². The van der Waals surface area contributed by atoms with Crippen LogP contribution >= 0.6 is 34.8 Å². The molecule has 1 aliphatic heterocycles.